The fourth-order valence-electron chi connectivity index (χ4n) is 2.93. The van der Waals surface area contributed by atoms with Crippen molar-refractivity contribution in [2.75, 3.05) is 26.3 Å². The van der Waals surface area contributed by atoms with Crippen molar-refractivity contribution in [3.63, 3.8) is 0 Å². The van der Waals surface area contributed by atoms with E-state index in [0.717, 1.165) is 18.6 Å². The first kappa shape index (κ1) is 19.6. The third kappa shape index (κ3) is 4.97. The molecule has 2 aromatic rings. The molecule has 2 heterocycles. The first-order valence-electron chi connectivity index (χ1n) is 8.98. The van der Waals surface area contributed by atoms with E-state index in [9.17, 15) is 13.2 Å². The number of carbonyl (C=O) groups excluding carboxylic acids is 1. The van der Waals surface area contributed by atoms with Crippen LogP contribution >= 0.6 is 0 Å². The van der Waals surface area contributed by atoms with Gasteiger partial charge < -0.3 is 14.5 Å². The van der Waals surface area contributed by atoms with Crippen LogP contribution in [0.2, 0.25) is 0 Å². The van der Waals surface area contributed by atoms with Gasteiger partial charge in [-0.1, -0.05) is 6.07 Å². The van der Waals surface area contributed by atoms with Gasteiger partial charge in [0.2, 0.25) is 10.0 Å². The predicted molar refractivity (Wildman–Crippen MR) is 100.0 cm³/mol. The van der Waals surface area contributed by atoms with Crippen molar-refractivity contribution < 1.29 is 22.4 Å². The summed E-state index contributed by atoms with van der Waals surface area (Å²) in [4.78, 5) is 12.6. The Hall–Kier alpha value is -2.16. The highest BCUT2D eigenvalue weighted by Gasteiger charge is 2.27. The number of ether oxygens (including phenoxy) is 1. The number of furan rings is 1. The summed E-state index contributed by atoms with van der Waals surface area (Å²) in [6.07, 6.45) is 3.07. The summed E-state index contributed by atoms with van der Waals surface area (Å²) < 4.78 is 37.4. The molecule has 1 aromatic heterocycles. The maximum atomic E-state index is 12.7. The van der Waals surface area contributed by atoms with Gasteiger partial charge >= 0.3 is 0 Å². The summed E-state index contributed by atoms with van der Waals surface area (Å²) in [7, 11) is -3.63. The molecule has 1 saturated heterocycles. The first-order valence-corrected chi connectivity index (χ1v) is 10.4. The molecular formula is C19H24N2O5S. The van der Waals surface area contributed by atoms with Gasteiger partial charge in [-0.05, 0) is 43.7 Å². The second-order valence-corrected chi connectivity index (χ2v) is 8.47. The molecule has 0 bridgehead atoms. The molecule has 1 unspecified atom stereocenters. The summed E-state index contributed by atoms with van der Waals surface area (Å²) in [6.45, 7) is 3.32. The van der Waals surface area contributed by atoms with Crippen molar-refractivity contribution in [2.24, 2.45) is 0 Å². The van der Waals surface area contributed by atoms with Crippen molar-refractivity contribution in [3.8, 4) is 0 Å². The van der Waals surface area contributed by atoms with Crippen LogP contribution in [0.3, 0.4) is 0 Å². The Morgan fingerprint density at radius 3 is 2.70 bits per heavy atom. The number of morpholine rings is 1. The Labute approximate surface area is 159 Å². The van der Waals surface area contributed by atoms with Crippen molar-refractivity contribution in [1.29, 1.82) is 0 Å². The minimum Gasteiger partial charge on any atom is -0.469 e. The number of hydrogen-bond donors (Lipinski definition) is 1. The molecule has 0 aliphatic carbocycles. The highest BCUT2D eigenvalue weighted by atomic mass is 32.2. The Kier molecular flexibility index (Phi) is 6.30. The minimum atomic E-state index is -3.63. The fourth-order valence-corrected chi connectivity index (χ4v) is 4.38. The molecular weight excluding hydrogens is 368 g/mol. The number of sulfonamides is 1. The van der Waals surface area contributed by atoms with Crippen LogP contribution in [0, 0.1) is 0 Å². The average Bonchev–Trinajstić information content (AvgIpc) is 3.21. The van der Waals surface area contributed by atoms with Crippen LogP contribution in [0.5, 0.6) is 0 Å². The highest BCUT2D eigenvalue weighted by Crippen LogP contribution is 2.18. The number of rotatable bonds is 7. The molecule has 1 aliphatic heterocycles. The molecule has 7 nitrogen and oxygen atoms in total. The van der Waals surface area contributed by atoms with Gasteiger partial charge in [0.25, 0.3) is 5.91 Å². The summed E-state index contributed by atoms with van der Waals surface area (Å²) in [5.41, 5.74) is 0.328. The smallest absolute Gasteiger partial charge is 0.251 e. The van der Waals surface area contributed by atoms with E-state index < -0.39 is 10.0 Å². The predicted octanol–water partition coefficient (Wildman–Crippen LogP) is 2.05. The molecule has 27 heavy (non-hydrogen) atoms. The van der Waals surface area contributed by atoms with E-state index in [1.165, 1.54) is 16.4 Å². The van der Waals surface area contributed by atoms with E-state index in [2.05, 4.69) is 5.32 Å². The minimum absolute atomic E-state index is 0.0675. The standard InChI is InChI=1S/C19H24N2O5S/c1-15(7-8-17-5-3-11-26-17)20-19(22)16-4-2-6-18(14-16)27(23,24)21-9-12-25-13-10-21/h2-6,11,14-15H,7-10,12-13H2,1H3,(H,20,22). The summed E-state index contributed by atoms with van der Waals surface area (Å²) in [6, 6.07) is 9.82. The van der Waals surface area contributed by atoms with E-state index in [4.69, 9.17) is 9.15 Å². The number of aryl methyl sites for hydroxylation is 1. The summed E-state index contributed by atoms with van der Waals surface area (Å²) >= 11 is 0. The zero-order valence-corrected chi connectivity index (χ0v) is 16.1. The van der Waals surface area contributed by atoms with Gasteiger partial charge in [-0.2, -0.15) is 4.31 Å². The van der Waals surface area contributed by atoms with E-state index in [1.807, 2.05) is 19.1 Å². The Morgan fingerprint density at radius 2 is 2.00 bits per heavy atom. The third-order valence-corrected chi connectivity index (χ3v) is 6.38. The van der Waals surface area contributed by atoms with Crippen LogP contribution in [0.4, 0.5) is 0 Å². The SMILES string of the molecule is CC(CCc1ccco1)NC(=O)c1cccc(S(=O)(=O)N2CCOCC2)c1. The number of carbonyl (C=O) groups is 1. The Morgan fingerprint density at radius 1 is 1.22 bits per heavy atom. The third-order valence-electron chi connectivity index (χ3n) is 4.49. The normalized spacial score (nSPS) is 16.8. The lowest BCUT2D eigenvalue weighted by Gasteiger charge is -2.26. The second-order valence-electron chi connectivity index (χ2n) is 6.54. The van der Waals surface area contributed by atoms with Gasteiger partial charge in [-0.3, -0.25) is 4.79 Å². The largest absolute Gasteiger partial charge is 0.469 e. The van der Waals surface area contributed by atoms with Crippen LogP contribution in [0.25, 0.3) is 0 Å². The van der Waals surface area contributed by atoms with Gasteiger partial charge in [-0.25, -0.2) is 8.42 Å². The van der Waals surface area contributed by atoms with Gasteiger partial charge in [0.05, 0.1) is 24.4 Å². The van der Waals surface area contributed by atoms with E-state index in [1.54, 1.807) is 18.4 Å². The van der Waals surface area contributed by atoms with Crippen LogP contribution in [0.1, 0.15) is 29.5 Å². The van der Waals surface area contributed by atoms with Crippen LogP contribution in [0.15, 0.2) is 52.0 Å². The summed E-state index contributed by atoms with van der Waals surface area (Å²) in [5.74, 6) is 0.579. The van der Waals surface area contributed by atoms with E-state index in [0.29, 0.717) is 31.9 Å². The second kappa shape index (κ2) is 8.69. The van der Waals surface area contributed by atoms with Crippen molar-refractivity contribution in [3.05, 3.63) is 54.0 Å². The maximum Gasteiger partial charge on any atom is 0.251 e. The molecule has 0 spiro atoms. The quantitative estimate of drug-likeness (QED) is 0.779. The van der Waals surface area contributed by atoms with Crippen molar-refractivity contribution in [2.45, 2.75) is 30.7 Å². The lowest BCUT2D eigenvalue weighted by Crippen LogP contribution is -2.40. The van der Waals surface area contributed by atoms with Gasteiger partial charge in [0.1, 0.15) is 5.76 Å². The number of nitrogens with zero attached hydrogens (tertiary/aromatic N) is 1. The molecule has 1 N–H and O–H groups in total. The number of nitrogens with one attached hydrogen (secondary N) is 1. The molecule has 1 fully saturated rings. The van der Waals surface area contributed by atoms with E-state index >= 15 is 0 Å². The van der Waals surface area contributed by atoms with Gasteiger partial charge in [-0.15, -0.1) is 0 Å². The molecule has 1 aliphatic rings. The maximum absolute atomic E-state index is 12.7. The molecule has 0 saturated carbocycles. The Bertz CT molecular complexity index is 858. The molecule has 1 atom stereocenters. The molecule has 0 radical (unpaired) electrons. The van der Waals surface area contributed by atoms with Crippen molar-refractivity contribution >= 4 is 15.9 Å². The highest BCUT2D eigenvalue weighted by molar-refractivity contribution is 7.89. The zero-order chi connectivity index (χ0) is 19.3. The number of benzene rings is 1. The average molecular weight is 392 g/mol. The van der Waals surface area contributed by atoms with Crippen molar-refractivity contribution in [1.82, 2.24) is 9.62 Å². The lowest BCUT2D eigenvalue weighted by atomic mass is 10.1. The monoisotopic (exact) mass is 392 g/mol. The molecule has 1 aromatic carbocycles. The molecule has 3 rings (SSSR count). The zero-order valence-electron chi connectivity index (χ0n) is 15.3. The number of amides is 1. The van der Waals surface area contributed by atoms with Gasteiger partial charge in [0, 0.05) is 31.1 Å². The topological polar surface area (TPSA) is 88.8 Å². The lowest BCUT2D eigenvalue weighted by molar-refractivity contribution is 0.0730. The van der Waals surface area contributed by atoms with Crippen LogP contribution < -0.4 is 5.32 Å². The first-order chi connectivity index (χ1) is 13.0. The Balaban J connectivity index is 1.64. The number of hydrogen-bond acceptors (Lipinski definition) is 5. The molecule has 146 valence electrons. The molecule has 8 heteroatoms. The van der Waals surface area contributed by atoms with E-state index in [-0.39, 0.29) is 16.8 Å². The van der Waals surface area contributed by atoms with Crippen LogP contribution in [-0.4, -0.2) is 51.0 Å². The molecule has 1 amide bonds. The fraction of sp³-hybridized carbons (Fsp3) is 0.421. The van der Waals surface area contributed by atoms with Gasteiger partial charge in [0.15, 0.2) is 0 Å². The van der Waals surface area contributed by atoms with Crippen LogP contribution in [-0.2, 0) is 21.2 Å². The summed E-state index contributed by atoms with van der Waals surface area (Å²) in [5, 5.41) is 2.91.